The lowest BCUT2D eigenvalue weighted by Crippen LogP contribution is -2.33. The Morgan fingerprint density at radius 1 is 1.39 bits per heavy atom. The van der Waals surface area contributed by atoms with Gasteiger partial charge >= 0.3 is 0 Å². The summed E-state index contributed by atoms with van der Waals surface area (Å²) in [5, 5.41) is 0. The van der Waals surface area contributed by atoms with Gasteiger partial charge in [-0.15, -0.1) is 0 Å². The molecule has 0 spiro atoms. The quantitative estimate of drug-likeness (QED) is 0.891. The molecule has 18 heavy (non-hydrogen) atoms. The zero-order chi connectivity index (χ0) is 13.0. The molecule has 0 radical (unpaired) electrons. The van der Waals surface area contributed by atoms with Crippen LogP contribution in [0.4, 0.5) is 5.69 Å². The van der Waals surface area contributed by atoms with Crippen molar-refractivity contribution in [1.82, 2.24) is 9.88 Å². The van der Waals surface area contributed by atoms with Crippen molar-refractivity contribution >= 4 is 11.6 Å². The van der Waals surface area contributed by atoms with Crippen LogP contribution in [0.2, 0.25) is 0 Å². The Hall–Kier alpha value is -1.58. The van der Waals surface area contributed by atoms with Gasteiger partial charge in [-0.3, -0.25) is 4.79 Å². The fourth-order valence-electron chi connectivity index (χ4n) is 2.57. The number of rotatable bonds is 3. The van der Waals surface area contributed by atoms with Crippen molar-refractivity contribution in [3.8, 4) is 0 Å². The van der Waals surface area contributed by atoms with Crippen molar-refractivity contribution in [3.63, 3.8) is 0 Å². The summed E-state index contributed by atoms with van der Waals surface area (Å²) < 4.78 is 0. The van der Waals surface area contributed by atoms with Crippen LogP contribution in [0, 0.1) is 5.92 Å². The first-order valence-corrected chi connectivity index (χ1v) is 6.64. The Morgan fingerprint density at radius 2 is 2.11 bits per heavy atom. The molecule has 1 aromatic rings. The molecule has 0 aromatic carbocycles. The second-order valence-electron chi connectivity index (χ2n) is 5.17. The van der Waals surface area contributed by atoms with E-state index in [0.29, 0.717) is 17.3 Å². The molecule has 1 aromatic heterocycles. The average molecular weight is 247 g/mol. The van der Waals surface area contributed by atoms with Crippen molar-refractivity contribution in [2.24, 2.45) is 5.92 Å². The van der Waals surface area contributed by atoms with Gasteiger partial charge in [-0.05, 0) is 30.9 Å². The molecule has 1 fully saturated rings. The lowest BCUT2D eigenvalue weighted by molar-refractivity contribution is 0.0755. The second kappa shape index (κ2) is 5.85. The van der Waals surface area contributed by atoms with Gasteiger partial charge in [0.15, 0.2) is 0 Å². The van der Waals surface area contributed by atoms with E-state index >= 15 is 0 Å². The fourth-order valence-corrected chi connectivity index (χ4v) is 2.57. The number of aromatic nitrogens is 1. The van der Waals surface area contributed by atoms with Crippen molar-refractivity contribution in [1.29, 1.82) is 0 Å². The third-order valence-corrected chi connectivity index (χ3v) is 3.61. The normalized spacial score (nSPS) is 16.5. The third kappa shape index (κ3) is 3.22. The van der Waals surface area contributed by atoms with E-state index in [2.05, 4.69) is 4.98 Å². The largest absolute Gasteiger partial charge is 0.397 e. The monoisotopic (exact) mass is 247 g/mol. The van der Waals surface area contributed by atoms with Crippen LogP contribution in [0.3, 0.4) is 0 Å². The first-order valence-electron chi connectivity index (χ1n) is 6.64. The fraction of sp³-hybridized carbons (Fsp3) is 0.571. The van der Waals surface area contributed by atoms with Crippen LogP contribution in [0.15, 0.2) is 18.3 Å². The summed E-state index contributed by atoms with van der Waals surface area (Å²) in [6, 6.07) is 3.41. The summed E-state index contributed by atoms with van der Waals surface area (Å²) in [5.41, 5.74) is 6.62. The van der Waals surface area contributed by atoms with Gasteiger partial charge in [-0.25, -0.2) is 4.98 Å². The number of nitrogens with zero attached hydrogens (tertiary/aromatic N) is 2. The highest BCUT2D eigenvalue weighted by atomic mass is 16.2. The number of amides is 1. The molecule has 1 aliphatic carbocycles. The van der Waals surface area contributed by atoms with Crippen LogP contribution in [0.25, 0.3) is 0 Å². The molecule has 1 aliphatic rings. The van der Waals surface area contributed by atoms with E-state index in [4.69, 9.17) is 5.73 Å². The molecule has 4 heteroatoms. The standard InChI is InChI=1S/C14H21N3O/c1-17(10-11-5-3-2-4-6-11)14(18)13-8-7-12(15)9-16-13/h7-9,11H,2-6,10,15H2,1H3. The number of hydrogen-bond acceptors (Lipinski definition) is 3. The highest BCUT2D eigenvalue weighted by Gasteiger charge is 2.19. The smallest absolute Gasteiger partial charge is 0.272 e. The molecule has 1 amide bonds. The molecule has 1 saturated carbocycles. The molecule has 2 rings (SSSR count). The van der Waals surface area contributed by atoms with Gasteiger partial charge in [0.2, 0.25) is 0 Å². The summed E-state index contributed by atoms with van der Waals surface area (Å²) >= 11 is 0. The van der Waals surface area contributed by atoms with Crippen molar-refractivity contribution in [2.75, 3.05) is 19.3 Å². The Balaban J connectivity index is 1.93. The number of carbonyl (C=O) groups excluding carboxylic acids is 1. The molecule has 0 bridgehead atoms. The molecule has 0 unspecified atom stereocenters. The summed E-state index contributed by atoms with van der Waals surface area (Å²) in [6.07, 6.45) is 7.95. The molecule has 98 valence electrons. The topological polar surface area (TPSA) is 59.2 Å². The minimum atomic E-state index is -0.0134. The maximum atomic E-state index is 12.2. The predicted molar refractivity (Wildman–Crippen MR) is 72.2 cm³/mol. The first kappa shape index (κ1) is 12.9. The second-order valence-corrected chi connectivity index (χ2v) is 5.17. The molecule has 4 nitrogen and oxygen atoms in total. The number of nitrogens with two attached hydrogens (primary N) is 1. The molecule has 0 atom stereocenters. The number of hydrogen-bond donors (Lipinski definition) is 1. The molecular weight excluding hydrogens is 226 g/mol. The van der Waals surface area contributed by atoms with Gasteiger partial charge in [0.1, 0.15) is 5.69 Å². The SMILES string of the molecule is CN(CC1CCCCC1)C(=O)c1ccc(N)cn1. The van der Waals surface area contributed by atoms with Crippen LogP contribution >= 0.6 is 0 Å². The zero-order valence-electron chi connectivity index (χ0n) is 10.9. The van der Waals surface area contributed by atoms with Crippen molar-refractivity contribution in [2.45, 2.75) is 32.1 Å². The molecular formula is C14H21N3O. The van der Waals surface area contributed by atoms with E-state index in [-0.39, 0.29) is 5.91 Å². The van der Waals surface area contributed by atoms with Crippen LogP contribution < -0.4 is 5.73 Å². The van der Waals surface area contributed by atoms with E-state index in [1.807, 2.05) is 7.05 Å². The average Bonchev–Trinajstić information content (AvgIpc) is 2.40. The van der Waals surface area contributed by atoms with E-state index in [9.17, 15) is 4.79 Å². The Bertz CT molecular complexity index is 396. The van der Waals surface area contributed by atoms with E-state index in [1.54, 1.807) is 17.0 Å². The van der Waals surface area contributed by atoms with Crippen LogP contribution in [0.5, 0.6) is 0 Å². The Morgan fingerprint density at radius 3 is 2.72 bits per heavy atom. The highest BCUT2D eigenvalue weighted by Crippen LogP contribution is 2.24. The van der Waals surface area contributed by atoms with Crippen LogP contribution in [-0.4, -0.2) is 29.4 Å². The predicted octanol–water partition coefficient (Wildman–Crippen LogP) is 2.32. The molecule has 0 aliphatic heterocycles. The van der Waals surface area contributed by atoms with Gasteiger partial charge in [0.05, 0.1) is 11.9 Å². The minimum absolute atomic E-state index is 0.0134. The third-order valence-electron chi connectivity index (χ3n) is 3.61. The van der Waals surface area contributed by atoms with Gasteiger partial charge in [-0.1, -0.05) is 19.3 Å². The number of nitrogen functional groups attached to an aromatic ring is 1. The van der Waals surface area contributed by atoms with Gasteiger partial charge in [-0.2, -0.15) is 0 Å². The number of anilines is 1. The number of pyridine rings is 1. The maximum absolute atomic E-state index is 12.2. The summed E-state index contributed by atoms with van der Waals surface area (Å²) in [6.45, 7) is 0.838. The molecule has 2 N–H and O–H groups in total. The van der Waals surface area contributed by atoms with E-state index < -0.39 is 0 Å². The maximum Gasteiger partial charge on any atom is 0.272 e. The lowest BCUT2D eigenvalue weighted by Gasteiger charge is -2.26. The molecule has 1 heterocycles. The zero-order valence-corrected chi connectivity index (χ0v) is 10.9. The van der Waals surface area contributed by atoms with E-state index in [1.165, 1.54) is 38.3 Å². The van der Waals surface area contributed by atoms with E-state index in [0.717, 1.165) is 6.54 Å². The summed E-state index contributed by atoms with van der Waals surface area (Å²) in [4.78, 5) is 18.0. The van der Waals surface area contributed by atoms with Gasteiger partial charge in [0.25, 0.3) is 5.91 Å². The number of carbonyl (C=O) groups is 1. The van der Waals surface area contributed by atoms with Crippen LogP contribution in [-0.2, 0) is 0 Å². The van der Waals surface area contributed by atoms with Crippen molar-refractivity contribution in [3.05, 3.63) is 24.0 Å². The Labute approximate surface area is 108 Å². The van der Waals surface area contributed by atoms with Crippen molar-refractivity contribution < 1.29 is 4.79 Å². The minimum Gasteiger partial charge on any atom is -0.397 e. The molecule has 0 saturated heterocycles. The van der Waals surface area contributed by atoms with Gasteiger partial charge < -0.3 is 10.6 Å². The summed E-state index contributed by atoms with van der Waals surface area (Å²) in [5.74, 6) is 0.641. The highest BCUT2D eigenvalue weighted by molar-refractivity contribution is 5.92. The summed E-state index contributed by atoms with van der Waals surface area (Å²) in [7, 11) is 1.86. The lowest BCUT2D eigenvalue weighted by atomic mass is 9.89. The Kier molecular flexibility index (Phi) is 4.18. The van der Waals surface area contributed by atoms with Crippen LogP contribution in [0.1, 0.15) is 42.6 Å². The first-order chi connectivity index (χ1) is 8.66. The van der Waals surface area contributed by atoms with Gasteiger partial charge in [0, 0.05) is 13.6 Å².